The molecule has 0 N–H and O–H groups in total. The van der Waals surface area contributed by atoms with Crippen LogP contribution in [-0.4, -0.2) is 19.1 Å². The normalized spacial score (nSPS) is 11.9. The fraction of sp³-hybridized carbons (Fsp3) is 0.290. The quantitative estimate of drug-likeness (QED) is 0.255. The van der Waals surface area contributed by atoms with Gasteiger partial charge in [-0.1, -0.05) is 65.8 Å². The summed E-state index contributed by atoms with van der Waals surface area (Å²) < 4.78 is 4.27. The van der Waals surface area contributed by atoms with Crippen LogP contribution in [-0.2, 0) is 0 Å². The Morgan fingerprint density at radius 2 is 1.40 bits per heavy atom. The molecule has 35 heavy (non-hydrogen) atoms. The zero-order valence-electron chi connectivity index (χ0n) is 21.5. The summed E-state index contributed by atoms with van der Waals surface area (Å²) in [4.78, 5) is 8.97. The van der Waals surface area contributed by atoms with Gasteiger partial charge in [-0.3, -0.25) is 4.57 Å². The van der Waals surface area contributed by atoms with Crippen LogP contribution in [0.3, 0.4) is 0 Å². The van der Waals surface area contributed by atoms with Crippen molar-refractivity contribution in [2.45, 2.75) is 59.3 Å². The van der Waals surface area contributed by atoms with Crippen LogP contribution in [0.25, 0.3) is 33.5 Å². The van der Waals surface area contributed by atoms with Gasteiger partial charge >= 0.3 is 0 Å². The van der Waals surface area contributed by atoms with E-state index in [0.717, 1.165) is 22.4 Å². The number of benzene rings is 3. The lowest BCUT2D eigenvalue weighted by atomic mass is 9.81. The van der Waals surface area contributed by atoms with Crippen molar-refractivity contribution < 1.29 is 0 Å². The van der Waals surface area contributed by atoms with Crippen LogP contribution in [0, 0.1) is 0 Å². The Bertz CT molecular complexity index is 1440. The average Bonchev–Trinajstić information content (AvgIpc) is 3.53. The lowest BCUT2D eigenvalue weighted by Crippen LogP contribution is -2.05. The molecule has 0 aliphatic heterocycles. The van der Waals surface area contributed by atoms with Crippen molar-refractivity contribution in [3.8, 4) is 22.5 Å². The summed E-state index contributed by atoms with van der Waals surface area (Å²) in [5, 5.41) is 0. The number of aromatic nitrogens is 4. The van der Waals surface area contributed by atoms with Crippen LogP contribution in [0.2, 0.25) is 0 Å². The Hall–Kier alpha value is -3.66. The SMILES string of the molecule is CC(C)c1cc(C(C)C)c(-c2cc(-n3ccnc3)cc(-n3cnc4ccccc43)c2)c(C(C)C)c1. The van der Waals surface area contributed by atoms with Gasteiger partial charge in [0.05, 0.1) is 17.4 Å². The maximum Gasteiger partial charge on any atom is 0.100 e. The van der Waals surface area contributed by atoms with Crippen LogP contribution in [0.4, 0.5) is 0 Å². The Morgan fingerprint density at radius 1 is 0.714 bits per heavy atom. The third-order valence-corrected chi connectivity index (χ3v) is 6.86. The first-order valence-electron chi connectivity index (χ1n) is 12.6. The van der Waals surface area contributed by atoms with Crippen LogP contribution < -0.4 is 0 Å². The van der Waals surface area contributed by atoms with Crippen molar-refractivity contribution in [1.82, 2.24) is 19.1 Å². The third-order valence-electron chi connectivity index (χ3n) is 6.86. The summed E-state index contributed by atoms with van der Waals surface area (Å²) in [5.74, 6) is 1.32. The molecular formula is C31H34N4. The van der Waals surface area contributed by atoms with Crippen molar-refractivity contribution >= 4 is 11.0 Å². The second kappa shape index (κ2) is 9.18. The molecule has 0 saturated heterocycles. The monoisotopic (exact) mass is 462 g/mol. The lowest BCUT2D eigenvalue weighted by Gasteiger charge is -2.24. The van der Waals surface area contributed by atoms with Crippen molar-refractivity contribution in [2.24, 2.45) is 0 Å². The number of fused-ring (bicyclic) bond motifs is 1. The minimum atomic E-state index is 0.413. The minimum absolute atomic E-state index is 0.413. The van der Waals surface area contributed by atoms with E-state index < -0.39 is 0 Å². The summed E-state index contributed by atoms with van der Waals surface area (Å²) in [6, 6.07) is 20.0. The van der Waals surface area contributed by atoms with E-state index in [2.05, 4.69) is 109 Å². The molecule has 0 atom stereocenters. The lowest BCUT2D eigenvalue weighted by molar-refractivity contribution is 0.807. The van der Waals surface area contributed by atoms with Crippen molar-refractivity contribution in [3.05, 3.63) is 96.3 Å². The predicted octanol–water partition coefficient (Wildman–Crippen LogP) is 8.25. The molecule has 5 aromatic rings. The Kier molecular flexibility index (Phi) is 6.06. The smallest absolute Gasteiger partial charge is 0.100 e. The number of para-hydroxylation sites is 2. The van der Waals surface area contributed by atoms with E-state index in [0.29, 0.717) is 17.8 Å². The van der Waals surface area contributed by atoms with E-state index in [-0.39, 0.29) is 0 Å². The molecule has 2 aromatic heterocycles. The van der Waals surface area contributed by atoms with Gasteiger partial charge in [-0.2, -0.15) is 0 Å². The molecule has 0 bridgehead atoms. The summed E-state index contributed by atoms with van der Waals surface area (Å²) >= 11 is 0. The summed E-state index contributed by atoms with van der Waals surface area (Å²) in [6.07, 6.45) is 7.62. The van der Waals surface area contributed by atoms with Crippen LogP contribution >= 0.6 is 0 Å². The van der Waals surface area contributed by atoms with Gasteiger partial charge in [-0.15, -0.1) is 0 Å². The highest BCUT2D eigenvalue weighted by molar-refractivity contribution is 5.80. The fourth-order valence-electron chi connectivity index (χ4n) is 4.89. The number of nitrogens with zero attached hydrogens (tertiary/aromatic N) is 4. The zero-order chi connectivity index (χ0) is 24.7. The van der Waals surface area contributed by atoms with Crippen molar-refractivity contribution in [2.75, 3.05) is 0 Å². The molecule has 0 spiro atoms. The molecule has 4 nitrogen and oxygen atoms in total. The van der Waals surface area contributed by atoms with E-state index in [1.807, 2.05) is 31.1 Å². The second-order valence-corrected chi connectivity index (χ2v) is 10.3. The van der Waals surface area contributed by atoms with Crippen LogP contribution in [0.15, 0.2) is 79.6 Å². The van der Waals surface area contributed by atoms with Gasteiger partial charge in [0.1, 0.15) is 6.33 Å². The summed E-state index contributed by atoms with van der Waals surface area (Å²) in [7, 11) is 0. The molecule has 4 heteroatoms. The van der Waals surface area contributed by atoms with Gasteiger partial charge in [0, 0.05) is 23.8 Å². The standard InChI is InChI=1S/C31H34N4/c1-20(2)23-15-27(21(3)4)31(28(16-23)22(5)6)24-13-25(34-12-11-32-18-34)17-26(14-24)35-19-33-29-9-7-8-10-30(29)35/h7-22H,1-6H3. The Balaban J connectivity index is 1.82. The zero-order valence-corrected chi connectivity index (χ0v) is 21.5. The van der Waals surface area contributed by atoms with E-state index >= 15 is 0 Å². The Labute approximate surface area is 208 Å². The van der Waals surface area contributed by atoms with Gasteiger partial charge in [-0.25, -0.2) is 9.97 Å². The molecule has 0 unspecified atom stereocenters. The second-order valence-electron chi connectivity index (χ2n) is 10.3. The number of hydrogen-bond acceptors (Lipinski definition) is 2. The molecule has 0 fully saturated rings. The molecule has 0 amide bonds. The highest BCUT2D eigenvalue weighted by Crippen LogP contribution is 2.40. The van der Waals surface area contributed by atoms with Gasteiger partial charge in [0.25, 0.3) is 0 Å². The highest BCUT2D eigenvalue weighted by Gasteiger charge is 2.20. The largest absolute Gasteiger partial charge is 0.306 e. The first-order chi connectivity index (χ1) is 16.8. The third kappa shape index (κ3) is 4.29. The fourth-order valence-corrected chi connectivity index (χ4v) is 4.89. The summed E-state index contributed by atoms with van der Waals surface area (Å²) in [5.41, 5.74) is 11.1. The molecule has 0 aliphatic carbocycles. The van der Waals surface area contributed by atoms with Gasteiger partial charge in [0.2, 0.25) is 0 Å². The minimum Gasteiger partial charge on any atom is -0.306 e. The van der Waals surface area contributed by atoms with Gasteiger partial charge in [-0.05, 0) is 75.9 Å². The molecule has 178 valence electrons. The van der Waals surface area contributed by atoms with E-state index in [1.165, 1.54) is 27.8 Å². The molecule has 0 radical (unpaired) electrons. The number of hydrogen-bond donors (Lipinski definition) is 0. The molecule has 2 heterocycles. The van der Waals surface area contributed by atoms with Crippen LogP contribution in [0.5, 0.6) is 0 Å². The molecule has 0 aliphatic rings. The average molecular weight is 463 g/mol. The van der Waals surface area contributed by atoms with E-state index in [4.69, 9.17) is 0 Å². The maximum absolute atomic E-state index is 4.66. The van der Waals surface area contributed by atoms with Gasteiger partial charge in [0.15, 0.2) is 0 Å². The predicted molar refractivity (Wildman–Crippen MR) is 146 cm³/mol. The number of rotatable bonds is 6. The molecule has 5 rings (SSSR count). The first-order valence-corrected chi connectivity index (χ1v) is 12.6. The Morgan fingerprint density at radius 3 is 2.03 bits per heavy atom. The van der Waals surface area contributed by atoms with E-state index in [1.54, 1.807) is 0 Å². The van der Waals surface area contributed by atoms with Crippen LogP contribution in [0.1, 0.15) is 76.0 Å². The van der Waals surface area contributed by atoms with Crippen molar-refractivity contribution in [3.63, 3.8) is 0 Å². The maximum atomic E-state index is 4.66. The molecular weight excluding hydrogens is 428 g/mol. The highest BCUT2D eigenvalue weighted by atomic mass is 15.1. The molecule has 3 aromatic carbocycles. The van der Waals surface area contributed by atoms with E-state index in [9.17, 15) is 0 Å². The first kappa shape index (κ1) is 23.1. The molecule has 0 saturated carbocycles. The van der Waals surface area contributed by atoms with Crippen molar-refractivity contribution in [1.29, 1.82) is 0 Å². The van der Waals surface area contributed by atoms with Gasteiger partial charge < -0.3 is 4.57 Å². The summed E-state index contributed by atoms with van der Waals surface area (Å²) in [6.45, 7) is 13.8. The number of imidazole rings is 2. The topological polar surface area (TPSA) is 35.6 Å².